The molecule has 0 aromatic heterocycles. The van der Waals surface area contributed by atoms with Gasteiger partial charge in [0.25, 0.3) is 0 Å². The van der Waals surface area contributed by atoms with Crippen molar-refractivity contribution >= 4 is 15.9 Å². The fourth-order valence-corrected chi connectivity index (χ4v) is 2.86. The van der Waals surface area contributed by atoms with Crippen LogP contribution in [-0.4, -0.2) is 5.60 Å². The molecule has 1 fully saturated rings. The molecule has 0 spiro atoms. The van der Waals surface area contributed by atoms with E-state index in [2.05, 4.69) is 35.0 Å². The van der Waals surface area contributed by atoms with Crippen molar-refractivity contribution in [1.82, 2.24) is 0 Å². The minimum atomic E-state index is 0.144. The Morgan fingerprint density at radius 1 is 1.46 bits per heavy atom. The van der Waals surface area contributed by atoms with Gasteiger partial charge in [0.1, 0.15) is 11.4 Å². The standard InChI is InChI=1S/C11H11BrO/c1-11-5-7(6-11)9-4-8(12)2-3-10(9)13-11/h2-4,7H,5-6H2,1H3. The van der Waals surface area contributed by atoms with Crippen LogP contribution in [0, 0.1) is 0 Å². The van der Waals surface area contributed by atoms with Crippen LogP contribution in [-0.2, 0) is 0 Å². The van der Waals surface area contributed by atoms with E-state index in [1.54, 1.807) is 0 Å². The molecule has 3 aliphatic rings. The van der Waals surface area contributed by atoms with Crippen molar-refractivity contribution in [2.45, 2.75) is 31.3 Å². The monoisotopic (exact) mass is 238 g/mol. The Hall–Kier alpha value is -0.500. The lowest BCUT2D eigenvalue weighted by molar-refractivity contribution is -0.0302. The molecule has 0 radical (unpaired) electrons. The first-order valence-corrected chi connectivity index (χ1v) is 5.44. The minimum absolute atomic E-state index is 0.144. The second-order valence-corrected chi connectivity index (χ2v) is 5.25. The summed E-state index contributed by atoms with van der Waals surface area (Å²) >= 11 is 3.49. The summed E-state index contributed by atoms with van der Waals surface area (Å²) in [6.45, 7) is 2.20. The molecule has 0 saturated heterocycles. The molecule has 0 amide bonds. The van der Waals surface area contributed by atoms with Gasteiger partial charge in [0, 0.05) is 4.47 Å². The van der Waals surface area contributed by atoms with Crippen LogP contribution in [0.3, 0.4) is 0 Å². The van der Waals surface area contributed by atoms with Gasteiger partial charge < -0.3 is 4.74 Å². The zero-order valence-corrected chi connectivity index (χ0v) is 9.10. The van der Waals surface area contributed by atoms with Gasteiger partial charge in [-0.1, -0.05) is 15.9 Å². The van der Waals surface area contributed by atoms with Gasteiger partial charge in [0.15, 0.2) is 0 Å². The van der Waals surface area contributed by atoms with Crippen LogP contribution in [0.15, 0.2) is 22.7 Å². The minimum Gasteiger partial charge on any atom is -0.487 e. The molecular formula is C11H11BrO. The maximum atomic E-state index is 5.92. The van der Waals surface area contributed by atoms with Crippen molar-refractivity contribution in [2.75, 3.05) is 0 Å². The molecule has 2 aliphatic heterocycles. The molecule has 0 N–H and O–H groups in total. The van der Waals surface area contributed by atoms with Gasteiger partial charge in [-0.25, -0.2) is 0 Å². The second-order valence-electron chi connectivity index (χ2n) is 4.34. The molecular weight excluding hydrogens is 228 g/mol. The number of ether oxygens (including phenoxy) is 1. The van der Waals surface area contributed by atoms with Gasteiger partial charge in [0.05, 0.1) is 0 Å². The zero-order chi connectivity index (χ0) is 9.05. The van der Waals surface area contributed by atoms with Crippen LogP contribution in [0.5, 0.6) is 5.75 Å². The van der Waals surface area contributed by atoms with Gasteiger partial charge in [-0.05, 0) is 49.4 Å². The highest BCUT2D eigenvalue weighted by molar-refractivity contribution is 9.10. The van der Waals surface area contributed by atoms with E-state index in [-0.39, 0.29) is 5.60 Å². The topological polar surface area (TPSA) is 9.23 Å². The highest BCUT2D eigenvalue weighted by atomic mass is 79.9. The molecule has 68 valence electrons. The molecule has 2 heteroatoms. The SMILES string of the molecule is CC12CC(C1)c1cc(Br)ccc1O2. The van der Waals surface area contributed by atoms with Crippen LogP contribution in [0.4, 0.5) is 0 Å². The predicted octanol–water partition coefficient (Wildman–Crippen LogP) is 3.48. The molecule has 1 nitrogen and oxygen atoms in total. The molecule has 0 atom stereocenters. The van der Waals surface area contributed by atoms with Crippen LogP contribution < -0.4 is 4.74 Å². The van der Waals surface area contributed by atoms with Crippen molar-refractivity contribution < 1.29 is 4.74 Å². The summed E-state index contributed by atoms with van der Waals surface area (Å²) in [4.78, 5) is 0. The summed E-state index contributed by atoms with van der Waals surface area (Å²) < 4.78 is 7.08. The summed E-state index contributed by atoms with van der Waals surface area (Å²) in [5.41, 5.74) is 1.53. The van der Waals surface area contributed by atoms with Crippen molar-refractivity contribution in [3.63, 3.8) is 0 Å². The van der Waals surface area contributed by atoms with E-state index in [0.29, 0.717) is 0 Å². The quantitative estimate of drug-likeness (QED) is 0.673. The number of hydrogen-bond donors (Lipinski definition) is 0. The van der Waals surface area contributed by atoms with Gasteiger partial charge in [-0.2, -0.15) is 0 Å². The van der Waals surface area contributed by atoms with E-state index in [4.69, 9.17) is 4.74 Å². The normalized spacial score (nSPS) is 34.5. The Labute approximate surface area is 86.2 Å². The Balaban J connectivity index is 2.12. The third-order valence-corrected chi connectivity index (χ3v) is 3.62. The summed E-state index contributed by atoms with van der Waals surface area (Å²) in [6, 6.07) is 6.31. The summed E-state index contributed by atoms with van der Waals surface area (Å²) in [5.74, 6) is 1.83. The maximum Gasteiger partial charge on any atom is 0.123 e. The molecule has 1 aromatic carbocycles. The number of halogens is 1. The zero-order valence-electron chi connectivity index (χ0n) is 7.51. The van der Waals surface area contributed by atoms with Gasteiger partial charge in [-0.15, -0.1) is 0 Å². The Morgan fingerprint density at radius 3 is 3.00 bits per heavy atom. The molecule has 1 aliphatic carbocycles. The smallest absolute Gasteiger partial charge is 0.123 e. The van der Waals surface area contributed by atoms with E-state index in [1.165, 1.54) is 18.4 Å². The number of benzene rings is 1. The molecule has 2 heterocycles. The van der Waals surface area contributed by atoms with Crippen molar-refractivity contribution in [2.24, 2.45) is 0 Å². The first-order valence-electron chi connectivity index (χ1n) is 4.65. The first kappa shape index (κ1) is 7.86. The predicted molar refractivity (Wildman–Crippen MR) is 55.2 cm³/mol. The van der Waals surface area contributed by atoms with Crippen molar-refractivity contribution in [3.05, 3.63) is 28.2 Å². The molecule has 0 unspecified atom stereocenters. The number of rotatable bonds is 0. The Kier molecular flexibility index (Phi) is 1.39. The third kappa shape index (κ3) is 1.05. The number of hydrogen-bond acceptors (Lipinski definition) is 1. The third-order valence-electron chi connectivity index (χ3n) is 3.12. The Morgan fingerprint density at radius 2 is 2.23 bits per heavy atom. The van der Waals surface area contributed by atoms with E-state index < -0.39 is 0 Å². The van der Waals surface area contributed by atoms with Gasteiger partial charge in [0.2, 0.25) is 0 Å². The lowest BCUT2D eigenvalue weighted by atomic mass is 9.66. The molecule has 1 saturated carbocycles. The van der Waals surface area contributed by atoms with Crippen LogP contribution in [0.2, 0.25) is 0 Å². The van der Waals surface area contributed by atoms with Gasteiger partial charge in [-0.3, -0.25) is 0 Å². The lowest BCUT2D eigenvalue weighted by Crippen LogP contribution is -2.48. The van der Waals surface area contributed by atoms with Crippen LogP contribution in [0.25, 0.3) is 0 Å². The van der Waals surface area contributed by atoms with Crippen LogP contribution >= 0.6 is 15.9 Å². The maximum absolute atomic E-state index is 5.92. The summed E-state index contributed by atoms with van der Waals surface area (Å²) in [6.07, 6.45) is 2.38. The highest BCUT2D eigenvalue weighted by Gasteiger charge is 2.48. The van der Waals surface area contributed by atoms with E-state index in [9.17, 15) is 0 Å². The second kappa shape index (κ2) is 2.30. The van der Waals surface area contributed by atoms with Crippen molar-refractivity contribution in [3.8, 4) is 5.75 Å². The average Bonchev–Trinajstić information content (AvgIpc) is 2.03. The van der Waals surface area contributed by atoms with E-state index >= 15 is 0 Å². The molecule has 1 aromatic rings. The summed E-state index contributed by atoms with van der Waals surface area (Å²) in [5, 5.41) is 0. The van der Waals surface area contributed by atoms with Crippen molar-refractivity contribution in [1.29, 1.82) is 0 Å². The molecule has 4 rings (SSSR count). The first-order chi connectivity index (χ1) is 6.16. The molecule has 13 heavy (non-hydrogen) atoms. The van der Waals surface area contributed by atoms with Crippen LogP contribution in [0.1, 0.15) is 31.2 Å². The summed E-state index contributed by atoms with van der Waals surface area (Å²) in [7, 11) is 0. The van der Waals surface area contributed by atoms with E-state index in [0.717, 1.165) is 16.1 Å². The fraction of sp³-hybridized carbons (Fsp3) is 0.455. The van der Waals surface area contributed by atoms with E-state index in [1.807, 2.05) is 6.07 Å². The lowest BCUT2D eigenvalue weighted by Gasteiger charge is -2.50. The van der Waals surface area contributed by atoms with Gasteiger partial charge >= 0.3 is 0 Å². The largest absolute Gasteiger partial charge is 0.487 e. The Bertz CT molecular complexity index is 366. The molecule has 2 bridgehead atoms. The fourth-order valence-electron chi connectivity index (χ4n) is 2.48. The average molecular weight is 239 g/mol. The highest BCUT2D eigenvalue weighted by Crippen LogP contribution is 2.54.